The van der Waals surface area contributed by atoms with Crippen molar-refractivity contribution in [1.82, 2.24) is 20.5 Å². The van der Waals surface area contributed by atoms with Gasteiger partial charge in [0.25, 0.3) is 5.91 Å². The number of hydrogen-bond donors (Lipinski definition) is 1. The normalized spacial score (nSPS) is 12.4. The lowest BCUT2D eigenvalue weighted by Crippen LogP contribution is -2.26. The Hall–Kier alpha value is -1.05. The third-order valence-electron chi connectivity index (χ3n) is 2.27. The molecule has 1 amide bonds. The minimum atomic E-state index is -0.266. The third-order valence-corrected chi connectivity index (χ3v) is 4.55. The molecule has 0 aliphatic carbocycles. The van der Waals surface area contributed by atoms with Gasteiger partial charge in [0.2, 0.25) is 9.47 Å². The zero-order valence-corrected chi connectivity index (χ0v) is 12.4. The van der Waals surface area contributed by atoms with Crippen LogP contribution in [0.25, 0.3) is 0 Å². The molecule has 0 radical (unpaired) electrons. The van der Waals surface area contributed by atoms with Crippen molar-refractivity contribution in [1.29, 1.82) is 0 Å². The number of rotatable bonds is 3. The first-order valence-electron chi connectivity index (χ1n) is 5.21. The van der Waals surface area contributed by atoms with E-state index in [1.807, 2.05) is 20.8 Å². The van der Waals surface area contributed by atoms with Gasteiger partial charge in [-0.25, -0.2) is 4.98 Å². The van der Waals surface area contributed by atoms with E-state index in [2.05, 4.69) is 20.5 Å². The highest BCUT2D eigenvalue weighted by molar-refractivity contribution is 7.17. The minimum absolute atomic E-state index is 0.105. The quantitative estimate of drug-likeness (QED) is 0.946. The summed E-state index contributed by atoms with van der Waals surface area (Å²) in [5.74, 6) is -0.266. The summed E-state index contributed by atoms with van der Waals surface area (Å²) in [6, 6.07) is -0.105. The van der Waals surface area contributed by atoms with Crippen LogP contribution in [0, 0.1) is 13.8 Å². The van der Waals surface area contributed by atoms with E-state index in [4.69, 9.17) is 11.6 Å². The Morgan fingerprint density at radius 1 is 1.33 bits per heavy atom. The van der Waals surface area contributed by atoms with E-state index in [1.54, 1.807) is 11.3 Å². The fourth-order valence-electron chi connectivity index (χ4n) is 1.57. The largest absolute Gasteiger partial charge is 0.343 e. The average Bonchev–Trinajstić information content (AvgIpc) is 2.84. The van der Waals surface area contributed by atoms with Gasteiger partial charge in [-0.15, -0.1) is 21.5 Å². The zero-order chi connectivity index (χ0) is 13.3. The van der Waals surface area contributed by atoms with Crippen molar-refractivity contribution in [3.05, 3.63) is 25.1 Å². The Morgan fingerprint density at radius 2 is 2.06 bits per heavy atom. The molecule has 2 aromatic rings. The number of nitrogens with zero attached hydrogens (tertiary/aromatic N) is 3. The van der Waals surface area contributed by atoms with E-state index in [-0.39, 0.29) is 21.4 Å². The maximum absolute atomic E-state index is 11.9. The summed E-state index contributed by atoms with van der Waals surface area (Å²) in [6.07, 6.45) is 0. The van der Waals surface area contributed by atoms with E-state index < -0.39 is 0 Å². The molecule has 2 heterocycles. The molecular formula is C10H11ClN4OS2. The van der Waals surface area contributed by atoms with Crippen LogP contribution >= 0.6 is 34.3 Å². The molecule has 2 aromatic heterocycles. The topological polar surface area (TPSA) is 67.8 Å². The van der Waals surface area contributed by atoms with Gasteiger partial charge >= 0.3 is 0 Å². The van der Waals surface area contributed by atoms with Crippen molar-refractivity contribution < 1.29 is 4.79 Å². The smallest absolute Gasteiger partial charge is 0.282 e. The van der Waals surface area contributed by atoms with Crippen molar-refractivity contribution >= 4 is 40.2 Å². The summed E-state index contributed by atoms with van der Waals surface area (Å²) in [4.78, 5) is 17.3. The molecule has 0 aliphatic heterocycles. The summed E-state index contributed by atoms with van der Waals surface area (Å²) >= 11 is 8.29. The van der Waals surface area contributed by atoms with E-state index in [0.29, 0.717) is 0 Å². The maximum atomic E-state index is 11.9. The Kier molecular flexibility index (Phi) is 3.94. The van der Waals surface area contributed by atoms with E-state index in [0.717, 1.165) is 26.9 Å². The first kappa shape index (κ1) is 13.4. The molecule has 0 bridgehead atoms. The van der Waals surface area contributed by atoms with Crippen LogP contribution in [0.15, 0.2) is 0 Å². The molecule has 2 rings (SSSR count). The van der Waals surface area contributed by atoms with Gasteiger partial charge in [0, 0.05) is 4.88 Å². The molecule has 1 unspecified atom stereocenters. The van der Waals surface area contributed by atoms with E-state index in [9.17, 15) is 4.79 Å². The molecule has 0 aliphatic rings. The molecular weight excluding hydrogens is 292 g/mol. The predicted octanol–water partition coefficient (Wildman–Crippen LogP) is 2.76. The molecule has 5 nitrogen and oxygen atoms in total. The lowest BCUT2D eigenvalue weighted by atomic mass is 10.2. The van der Waals surface area contributed by atoms with Crippen LogP contribution in [0.5, 0.6) is 0 Å². The summed E-state index contributed by atoms with van der Waals surface area (Å²) in [6.45, 7) is 5.80. The average molecular weight is 303 g/mol. The number of carbonyl (C=O) groups is 1. The fraction of sp³-hybridized carbons (Fsp3) is 0.400. The van der Waals surface area contributed by atoms with Crippen LogP contribution in [0.2, 0.25) is 4.47 Å². The van der Waals surface area contributed by atoms with Gasteiger partial charge in [0.05, 0.1) is 16.7 Å². The predicted molar refractivity (Wildman–Crippen MR) is 72.4 cm³/mol. The molecule has 8 heteroatoms. The number of nitrogens with one attached hydrogen (secondary N) is 1. The van der Waals surface area contributed by atoms with E-state index in [1.165, 1.54) is 0 Å². The van der Waals surface area contributed by atoms with Gasteiger partial charge < -0.3 is 5.32 Å². The van der Waals surface area contributed by atoms with Crippen molar-refractivity contribution in [3.8, 4) is 0 Å². The molecule has 0 fully saturated rings. The molecule has 0 spiro atoms. The molecule has 0 saturated carbocycles. The number of halogens is 1. The molecule has 18 heavy (non-hydrogen) atoms. The number of amides is 1. The van der Waals surface area contributed by atoms with Crippen molar-refractivity contribution in [2.24, 2.45) is 0 Å². The number of carbonyl (C=O) groups excluding carboxylic acids is 1. The van der Waals surface area contributed by atoms with Gasteiger partial charge in [-0.3, -0.25) is 4.79 Å². The number of aromatic nitrogens is 3. The fourth-order valence-corrected chi connectivity index (χ4v) is 3.23. The Balaban J connectivity index is 2.10. The van der Waals surface area contributed by atoms with Crippen LogP contribution in [0.3, 0.4) is 0 Å². The molecule has 0 aromatic carbocycles. The van der Waals surface area contributed by atoms with Gasteiger partial charge in [0.15, 0.2) is 0 Å². The van der Waals surface area contributed by atoms with Crippen LogP contribution in [0.1, 0.15) is 38.3 Å². The van der Waals surface area contributed by atoms with Crippen LogP contribution < -0.4 is 5.32 Å². The molecule has 0 saturated heterocycles. The zero-order valence-electron chi connectivity index (χ0n) is 10.0. The van der Waals surface area contributed by atoms with Crippen molar-refractivity contribution in [2.45, 2.75) is 26.8 Å². The first-order valence-corrected chi connectivity index (χ1v) is 7.22. The SMILES string of the molecule is Cc1nc(C)c(C(C)NC(=O)c2nnc(Cl)s2)s1. The second-order valence-corrected chi connectivity index (χ2v) is 6.53. The summed E-state index contributed by atoms with van der Waals surface area (Å²) in [5.41, 5.74) is 0.945. The number of aryl methyl sites for hydroxylation is 2. The van der Waals surface area contributed by atoms with Crippen LogP contribution in [0.4, 0.5) is 0 Å². The molecule has 96 valence electrons. The maximum Gasteiger partial charge on any atom is 0.282 e. The van der Waals surface area contributed by atoms with Gasteiger partial charge in [0.1, 0.15) is 0 Å². The lowest BCUT2D eigenvalue weighted by molar-refractivity contribution is 0.0939. The highest BCUT2D eigenvalue weighted by Crippen LogP contribution is 2.25. The standard InChI is InChI=1S/C10H11ClN4OS2/c1-4-7(17-6(3)12-4)5(2)13-8(16)9-14-15-10(11)18-9/h5H,1-3H3,(H,13,16). The van der Waals surface area contributed by atoms with Crippen LogP contribution in [-0.4, -0.2) is 21.1 Å². The Labute approximate surface area is 117 Å². The second kappa shape index (κ2) is 5.29. The summed E-state index contributed by atoms with van der Waals surface area (Å²) in [7, 11) is 0. The van der Waals surface area contributed by atoms with Gasteiger partial charge in [-0.1, -0.05) is 11.3 Å². The highest BCUT2D eigenvalue weighted by atomic mass is 35.5. The summed E-state index contributed by atoms with van der Waals surface area (Å²) in [5, 5.41) is 11.4. The Morgan fingerprint density at radius 3 is 2.56 bits per heavy atom. The van der Waals surface area contributed by atoms with Crippen molar-refractivity contribution in [2.75, 3.05) is 0 Å². The van der Waals surface area contributed by atoms with Gasteiger partial charge in [-0.2, -0.15) is 0 Å². The number of thiazole rings is 1. The monoisotopic (exact) mass is 302 g/mol. The van der Waals surface area contributed by atoms with Crippen molar-refractivity contribution in [3.63, 3.8) is 0 Å². The van der Waals surface area contributed by atoms with Gasteiger partial charge in [-0.05, 0) is 32.4 Å². The summed E-state index contributed by atoms with van der Waals surface area (Å²) < 4.78 is 0.262. The molecule has 1 atom stereocenters. The van der Waals surface area contributed by atoms with E-state index >= 15 is 0 Å². The van der Waals surface area contributed by atoms with Crippen LogP contribution in [-0.2, 0) is 0 Å². The lowest BCUT2D eigenvalue weighted by Gasteiger charge is -2.11. The highest BCUT2D eigenvalue weighted by Gasteiger charge is 2.18. The second-order valence-electron chi connectivity index (χ2n) is 3.74. The first-order chi connectivity index (χ1) is 8.47. The minimum Gasteiger partial charge on any atom is -0.343 e. The number of hydrogen-bond acceptors (Lipinski definition) is 6. The Bertz CT molecular complexity index is 580. The molecule has 1 N–H and O–H groups in total. The third kappa shape index (κ3) is 2.85.